The Morgan fingerprint density at radius 1 is 1.52 bits per heavy atom. The first-order valence-electron chi connectivity index (χ1n) is 7.47. The molecule has 1 aromatic rings. The van der Waals surface area contributed by atoms with Crippen LogP contribution in [-0.2, 0) is 4.74 Å². The number of rotatable bonds is 6. The number of carbonyl (C=O) groups excluding carboxylic acids is 1. The van der Waals surface area contributed by atoms with Gasteiger partial charge in [0.05, 0.1) is 24.6 Å². The lowest BCUT2D eigenvalue weighted by molar-refractivity contribution is -0.0175. The molecule has 0 bridgehead atoms. The Labute approximate surface area is 125 Å². The van der Waals surface area contributed by atoms with Gasteiger partial charge in [-0.2, -0.15) is 0 Å². The second kappa shape index (κ2) is 7.95. The van der Waals surface area contributed by atoms with E-state index in [0.717, 1.165) is 31.7 Å². The molecule has 2 heterocycles. The van der Waals surface area contributed by atoms with Gasteiger partial charge in [0.15, 0.2) is 0 Å². The van der Waals surface area contributed by atoms with Crippen molar-refractivity contribution >= 4 is 11.6 Å². The maximum Gasteiger partial charge on any atom is 0.269 e. The fraction of sp³-hybridized carbons (Fsp3) is 0.600. The third-order valence-electron chi connectivity index (χ3n) is 3.41. The molecule has 0 aliphatic carbocycles. The maximum absolute atomic E-state index is 12.0. The molecule has 1 aromatic heterocycles. The SMILES string of the molecule is CCCNc1ccc(C(=O)NCC2CN(C)CCO2)nc1. The quantitative estimate of drug-likeness (QED) is 0.817. The Morgan fingerprint density at radius 2 is 2.38 bits per heavy atom. The number of nitrogens with one attached hydrogen (secondary N) is 2. The summed E-state index contributed by atoms with van der Waals surface area (Å²) >= 11 is 0. The van der Waals surface area contributed by atoms with Gasteiger partial charge in [-0.25, -0.2) is 4.98 Å². The van der Waals surface area contributed by atoms with Gasteiger partial charge in [-0.1, -0.05) is 6.92 Å². The topological polar surface area (TPSA) is 66.5 Å². The first-order valence-corrected chi connectivity index (χ1v) is 7.47. The van der Waals surface area contributed by atoms with Gasteiger partial charge in [-0.05, 0) is 25.6 Å². The molecular formula is C15H24N4O2. The van der Waals surface area contributed by atoms with Gasteiger partial charge in [0, 0.05) is 26.2 Å². The first kappa shape index (κ1) is 15.7. The van der Waals surface area contributed by atoms with Crippen LogP contribution in [0.15, 0.2) is 18.3 Å². The van der Waals surface area contributed by atoms with Crippen molar-refractivity contribution in [1.82, 2.24) is 15.2 Å². The summed E-state index contributed by atoms with van der Waals surface area (Å²) in [6.45, 7) is 6.02. The second-order valence-corrected chi connectivity index (χ2v) is 5.32. The van der Waals surface area contributed by atoms with E-state index >= 15 is 0 Å². The zero-order chi connectivity index (χ0) is 15.1. The zero-order valence-corrected chi connectivity index (χ0v) is 12.8. The van der Waals surface area contributed by atoms with Crippen molar-refractivity contribution in [2.45, 2.75) is 19.4 Å². The van der Waals surface area contributed by atoms with E-state index in [4.69, 9.17) is 4.74 Å². The van der Waals surface area contributed by atoms with Crippen molar-refractivity contribution < 1.29 is 9.53 Å². The van der Waals surface area contributed by atoms with Crippen molar-refractivity contribution in [3.8, 4) is 0 Å². The molecular weight excluding hydrogens is 268 g/mol. The average Bonchev–Trinajstić information content (AvgIpc) is 2.51. The number of carbonyl (C=O) groups is 1. The Kier molecular flexibility index (Phi) is 5.95. The van der Waals surface area contributed by atoms with E-state index in [1.807, 2.05) is 6.07 Å². The summed E-state index contributed by atoms with van der Waals surface area (Å²) in [5, 5.41) is 6.11. The van der Waals surface area contributed by atoms with Crippen LogP contribution in [0, 0.1) is 0 Å². The fourth-order valence-corrected chi connectivity index (χ4v) is 2.19. The smallest absolute Gasteiger partial charge is 0.269 e. The van der Waals surface area contributed by atoms with E-state index in [0.29, 0.717) is 18.8 Å². The van der Waals surface area contributed by atoms with E-state index in [1.165, 1.54) is 0 Å². The van der Waals surface area contributed by atoms with E-state index < -0.39 is 0 Å². The number of hydrogen-bond donors (Lipinski definition) is 2. The molecule has 1 saturated heterocycles. The van der Waals surface area contributed by atoms with E-state index in [-0.39, 0.29) is 12.0 Å². The van der Waals surface area contributed by atoms with Crippen LogP contribution in [0.3, 0.4) is 0 Å². The molecule has 0 radical (unpaired) electrons. The second-order valence-electron chi connectivity index (χ2n) is 5.32. The molecule has 0 spiro atoms. The number of ether oxygens (including phenoxy) is 1. The molecule has 1 amide bonds. The fourth-order valence-electron chi connectivity index (χ4n) is 2.19. The number of anilines is 1. The number of likely N-dealkylation sites (N-methyl/N-ethyl adjacent to an activating group) is 1. The molecule has 2 N–H and O–H groups in total. The molecule has 2 rings (SSSR count). The van der Waals surface area contributed by atoms with E-state index in [2.05, 4.69) is 34.5 Å². The lowest BCUT2D eigenvalue weighted by Gasteiger charge is -2.30. The average molecular weight is 292 g/mol. The van der Waals surface area contributed by atoms with Crippen LogP contribution in [0.25, 0.3) is 0 Å². The minimum absolute atomic E-state index is 0.0539. The standard InChI is InChI=1S/C15H24N4O2/c1-3-6-16-12-4-5-14(17-9-12)15(20)18-10-13-11-19(2)7-8-21-13/h4-5,9,13,16H,3,6-8,10-11H2,1-2H3,(H,18,20). The van der Waals surface area contributed by atoms with Crippen LogP contribution in [0.5, 0.6) is 0 Å². The molecule has 1 fully saturated rings. The molecule has 21 heavy (non-hydrogen) atoms. The third kappa shape index (κ3) is 4.99. The number of amides is 1. The first-order chi connectivity index (χ1) is 10.2. The largest absolute Gasteiger partial charge is 0.384 e. The molecule has 1 atom stereocenters. The van der Waals surface area contributed by atoms with Gasteiger partial charge in [-0.15, -0.1) is 0 Å². The Morgan fingerprint density at radius 3 is 3.05 bits per heavy atom. The summed E-state index contributed by atoms with van der Waals surface area (Å²) in [6, 6.07) is 3.61. The van der Waals surface area contributed by atoms with Crippen LogP contribution in [0.2, 0.25) is 0 Å². The minimum atomic E-state index is -0.158. The third-order valence-corrected chi connectivity index (χ3v) is 3.41. The molecule has 1 aliphatic rings. The molecule has 6 nitrogen and oxygen atoms in total. The Balaban J connectivity index is 1.79. The summed E-state index contributed by atoms with van der Waals surface area (Å²) in [5.41, 5.74) is 1.37. The highest BCUT2D eigenvalue weighted by Gasteiger charge is 2.18. The van der Waals surface area contributed by atoms with Crippen molar-refractivity contribution in [2.24, 2.45) is 0 Å². The lowest BCUT2D eigenvalue weighted by Crippen LogP contribution is -2.46. The van der Waals surface area contributed by atoms with Gasteiger partial charge >= 0.3 is 0 Å². The molecule has 1 aliphatic heterocycles. The number of nitrogens with zero attached hydrogens (tertiary/aromatic N) is 2. The van der Waals surface area contributed by atoms with Crippen molar-refractivity contribution in [2.75, 3.05) is 45.2 Å². The molecule has 1 unspecified atom stereocenters. The van der Waals surface area contributed by atoms with Gasteiger partial charge in [0.25, 0.3) is 5.91 Å². The summed E-state index contributed by atoms with van der Waals surface area (Å²) in [5.74, 6) is -0.158. The van der Waals surface area contributed by atoms with E-state index in [1.54, 1.807) is 12.3 Å². The summed E-state index contributed by atoms with van der Waals surface area (Å²) < 4.78 is 5.61. The van der Waals surface area contributed by atoms with Crippen molar-refractivity contribution in [3.05, 3.63) is 24.0 Å². The summed E-state index contributed by atoms with van der Waals surface area (Å²) in [7, 11) is 2.06. The van der Waals surface area contributed by atoms with Crippen LogP contribution < -0.4 is 10.6 Å². The van der Waals surface area contributed by atoms with E-state index in [9.17, 15) is 4.79 Å². The number of pyridine rings is 1. The monoisotopic (exact) mass is 292 g/mol. The van der Waals surface area contributed by atoms with Crippen LogP contribution in [0.4, 0.5) is 5.69 Å². The molecule has 116 valence electrons. The van der Waals surface area contributed by atoms with Gasteiger partial charge < -0.3 is 20.3 Å². The predicted octanol–water partition coefficient (Wildman–Crippen LogP) is 0.964. The minimum Gasteiger partial charge on any atom is -0.384 e. The van der Waals surface area contributed by atoms with Crippen molar-refractivity contribution in [3.63, 3.8) is 0 Å². The molecule has 6 heteroatoms. The Hall–Kier alpha value is -1.66. The highest BCUT2D eigenvalue weighted by Crippen LogP contribution is 2.06. The zero-order valence-electron chi connectivity index (χ0n) is 12.8. The lowest BCUT2D eigenvalue weighted by atomic mass is 10.2. The Bertz CT molecular complexity index is 449. The summed E-state index contributed by atoms with van der Waals surface area (Å²) in [4.78, 5) is 18.4. The highest BCUT2D eigenvalue weighted by molar-refractivity contribution is 5.92. The van der Waals surface area contributed by atoms with Crippen LogP contribution in [0.1, 0.15) is 23.8 Å². The number of aromatic nitrogens is 1. The van der Waals surface area contributed by atoms with Crippen LogP contribution >= 0.6 is 0 Å². The normalized spacial score (nSPS) is 19.2. The van der Waals surface area contributed by atoms with Crippen LogP contribution in [-0.4, -0.2) is 61.7 Å². The predicted molar refractivity (Wildman–Crippen MR) is 82.6 cm³/mol. The number of morpholine rings is 1. The van der Waals surface area contributed by atoms with Gasteiger partial charge in [-0.3, -0.25) is 4.79 Å². The number of hydrogen-bond acceptors (Lipinski definition) is 5. The highest BCUT2D eigenvalue weighted by atomic mass is 16.5. The van der Waals surface area contributed by atoms with Crippen molar-refractivity contribution in [1.29, 1.82) is 0 Å². The summed E-state index contributed by atoms with van der Waals surface area (Å²) in [6.07, 6.45) is 2.80. The molecule has 0 aromatic carbocycles. The molecule has 0 saturated carbocycles. The van der Waals surface area contributed by atoms with Gasteiger partial charge in [0.2, 0.25) is 0 Å². The van der Waals surface area contributed by atoms with Gasteiger partial charge in [0.1, 0.15) is 5.69 Å². The maximum atomic E-state index is 12.0.